The summed E-state index contributed by atoms with van der Waals surface area (Å²) in [7, 11) is -2.03. The number of aromatic nitrogens is 1. The Labute approximate surface area is 109 Å². The van der Waals surface area contributed by atoms with Gasteiger partial charge in [0.25, 0.3) is 0 Å². The van der Waals surface area contributed by atoms with Gasteiger partial charge in [0.2, 0.25) is 9.84 Å². The van der Waals surface area contributed by atoms with Gasteiger partial charge < -0.3 is 10.5 Å². The standard InChI is InChI=1S/C11H12N2O3S2/c1-7-10(17-11(12)13-7)18(14,15)9-5-3-8(16-2)4-6-9/h3-6H,1-2H3,(H2,12,13). The molecule has 0 saturated heterocycles. The van der Waals surface area contributed by atoms with Gasteiger partial charge in [-0.05, 0) is 31.2 Å². The summed E-state index contributed by atoms with van der Waals surface area (Å²) in [5.74, 6) is 0.606. The quantitative estimate of drug-likeness (QED) is 0.930. The molecule has 7 heteroatoms. The van der Waals surface area contributed by atoms with Crippen LogP contribution in [0.3, 0.4) is 0 Å². The van der Waals surface area contributed by atoms with E-state index in [1.54, 1.807) is 19.1 Å². The summed E-state index contributed by atoms with van der Waals surface area (Å²) >= 11 is 0.974. The molecule has 0 amide bonds. The second-order valence-electron chi connectivity index (χ2n) is 3.60. The first-order chi connectivity index (χ1) is 8.45. The molecule has 2 aromatic rings. The van der Waals surface area contributed by atoms with Gasteiger partial charge >= 0.3 is 0 Å². The number of methoxy groups -OCH3 is 1. The van der Waals surface area contributed by atoms with Crippen LogP contribution in [0.15, 0.2) is 33.4 Å². The van der Waals surface area contributed by atoms with E-state index in [2.05, 4.69) is 4.98 Å². The summed E-state index contributed by atoms with van der Waals surface area (Å²) in [6.07, 6.45) is 0. The van der Waals surface area contributed by atoms with E-state index in [1.165, 1.54) is 19.2 Å². The third kappa shape index (κ3) is 2.19. The molecular formula is C11H12N2O3S2. The predicted molar refractivity (Wildman–Crippen MR) is 69.7 cm³/mol. The Hall–Kier alpha value is -1.60. The van der Waals surface area contributed by atoms with E-state index in [1.807, 2.05) is 0 Å². The second kappa shape index (κ2) is 4.58. The molecule has 0 aliphatic rings. The molecule has 0 radical (unpaired) electrons. The lowest BCUT2D eigenvalue weighted by atomic mass is 10.3. The minimum atomic E-state index is -3.55. The number of aryl methyl sites for hydroxylation is 1. The highest BCUT2D eigenvalue weighted by molar-refractivity contribution is 7.93. The van der Waals surface area contributed by atoms with Crippen molar-refractivity contribution in [1.29, 1.82) is 0 Å². The van der Waals surface area contributed by atoms with Crippen molar-refractivity contribution < 1.29 is 13.2 Å². The normalized spacial score (nSPS) is 11.4. The molecule has 0 aliphatic heterocycles. The summed E-state index contributed by atoms with van der Waals surface area (Å²) < 4.78 is 29.9. The maximum Gasteiger partial charge on any atom is 0.217 e. The Kier molecular flexibility index (Phi) is 3.27. The van der Waals surface area contributed by atoms with Crippen LogP contribution in [-0.2, 0) is 9.84 Å². The van der Waals surface area contributed by atoms with Gasteiger partial charge in [-0.1, -0.05) is 11.3 Å². The maximum atomic E-state index is 12.3. The van der Waals surface area contributed by atoms with Crippen LogP contribution in [0, 0.1) is 6.92 Å². The average Bonchev–Trinajstić information content (AvgIpc) is 2.69. The Morgan fingerprint density at radius 2 is 1.89 bits per heavy atom. The second-order valence-corrected chi connectivity index (χ2v) is 6.78. The number of rotatable bonds is 3. The van der Waals surface area contributed by atoms with Gasteiger partial charge in [-0.25, -0.2) is 13.4 Å². The zero-order valence-corrected chi connectivity index (χ0v) is 11.5. The molecule has 2 rings (SSSR count). The number of nitrogens with zero attached hydrogens (tertiary/aromatic N) is 1. The van der Waals surface area contributed by atoms with E-state index in [-0.39, 0.29) is 14.2 Å². The molecule has 0 unspecified atom stereocenters. The van der Waals surface area contributed by atoms with Crippen molar-refractivity contribution in [1.82, 2.24) is 4.98 Å². The van der Waals surface area contributed by atoms with Gasteiger partial charge in [0.05, 0.1) is 17.7 Å². The van der Waals surface area contributed by atoms with Crippen LogP contribution in [0.4, 0.5) is 5.13 Å². The fraction of sp³-hybridized carbons (Fsp3) is 0.182. The molecule has 0 bridgehead atoms. The topological polar surface area (TPSA) is 82.3 Å². The first kappa shape index (κ1) is 12.8. The number of nitrogen functional groups attached to an aromatic ring is 1. The molecule has 0 saturated carbocycles. The summed E-state index contributed by atoms with van der Waals surface area (Å²) in [6.45, 7) is 1.63. The highest BCUT2D eigenvalue weighted by Crippen LogP contribution is 2.31. The molecule has 0 aliphatic carbocycles. The summed E-state index contributed by atoms with van der Waals surface area (Å²) in [5.41, 5.74) is 5.95. The molecule has 1 heterocycles. The van der Waals surface area contributed by atoms with Gasteiger partial charge in [0.15, 0.2) is 5.13 Å². The van der Waals surface area contributed by atoms with Crippen molar-refractivity contribution in [3.63, 3.8) is 0 Å². The van der Waals surface area contributed by atoms with Gasteiger partial charge in [-0.3, -0.25) is 0 Å². The number of nitrogens with two attached hydrogens (primary N) is 1. The van der Waals surface area contributed by atoms with Crippen molar-refractivity contribution >= 4 is 26.3 Å². The lowest BCUT2D eigenvalue weighted by Crippen LogP contribution is -2.01. The smallest absolute Gasteiger partial charge is 0.217 e. The van der Waals surface area contributed by atoms with Crippen molar-refractivity contribution in [3.05, 3.63) is 30.0 Å². The highest BCUT2D eigenvalue weighted by atomic mass is 32.2. The minimum Gasteiger partial charge on any atom is -0.497 e. The number of sulfone groups is 1. The zero-order valence-electron chi connectivity index (χ0n) is 9.88. The maximum absolute atomic E-state index is 12.3. The number of ether oxygens (including phenoxy) is 1. The van der Waals surface area contributed by atoms with Crippen LogP contribution in [-0.4, -0.2) is 20.5 Å². The average molecular weight is 284 g/mol. The fourth-order valence-corrected chi connectivity index (χ4v) is 4.21. The van der Waals surface area contributed by atoms with Crippen molar-refractivity contribution in [2.24, 2.45) is 0 Å². The van der Waals surface area contributed by atoms with Gasteiger partial charge in [0.1, 0.15) is 9.96 Å². The molecule has 5 nitrogen and oxygen atoms in total. The summed E-state index contributed by atoms with van der Waals surface area (Å²) in [4.78, 5) is 4.13. The van der Waals surface area contributed by atoms with Gasteiger partial charge in [-0.2, -0.15) is 0 Å². The third-order valence-corrected chi connectivity index (χ3v) is 5.75. The van der Waals surface area contributed by atoms with E-state index in [0.29, 0.717) is 11.4 Å². The molecule has 0 fully saturated rings. The van der Waals surface area contributed by atoms with E-state index in [4.69, 9.17) is 10.5 Å². The fourth-order valence-electron chi connectivity index (χ4n) is 1.51. The molecule has 2 N–H and O–H groups in total. The van der Waals surface area contributed by atoms with Gasteiger partial charge in [-0.15, -0.1) is 0 Å². The monoisotopic (exact) mass is 284 g/mol. The van der Waals surface area contributed by atoms with Crippen LogP contribution in [0.5, 0.6) is 5.75 Å². The van der Waals surface area contributed by atoms with E-state index in [0.717, 1.165) is 11.3 Å². The Morgan fingerprint density at radius 1 is 1.28 bits per heavy atom. The first-order valence-electron chi connectivity index (χ1n) is 5.07. The molecular weight excluding hydrogens is 272 g/mol. The van der Waals surface area contributed by atoms with E-state index < -0.39 is 9.84 Å². The molecule has 96 valence electrons. The van der Waals surface area contributed by atoms with Crippen LogP contribution in [0.1, 0.15) is 5.69 Å². The SMILES string of the molecule is COc1ccc(S(=O)(=O)c2sc(N)nc2C)cc1. The Balaban J connectivity index is 2.51. The van der Waals surface area contributed by atoms with Crippen LogP contribution in [0.2, 0.25) is 0 Å². The Morgan fingerprint density at radius 3 is 2.33 bits per heavy atom. The van der Waals surface area contributed by atoms with E-state index >= 15 is 0 Å². The van der Waals surface area contributed by atoms with Crippen molar-refractivity contribution in [3.8, 4) is 5.75 Å². The summed E-state index contributed by atoms with van der Waals surface area (Å²) in [5, 5.41) is 0.250. The number of hydrogen-bond acceptors (Lipinski definition) is 6. The van der Waals surface area contributed by atoms with Crippen LogP contribution < -0.4 is 10.5 Å². The minimum absolute atomic E-state index is 0.185. The zero-order chi connectivity index (χ0) is 13.3. The number of benzene rings is 1. The van der Waals surface area contributed by atoms with Crippen molar-refractivity contribution in [2.45, 2.75) is 16.0 Å². The molecule has 0 atom stereocenters. The summed E-state index contributed by atoms with van der Waals surface area (Å²) in [6, 6.07) is 6.21. The molecule has 18 heavy (non-hydrogen) atoms. The third-order valence-electron chi connectivity index (χ3n) is 2.38. The van der Waals surface area contributed by atoms with Crippen molar-refractivity contribution in [2.75, 3.05) is 12.8 Å². The number of hydrogen-bond donors (Lipinski definition) is 1. The number of thiazole rings is 1. The lowest BCUT2D eigenvalue weighted by Gasteiger charge is -2.04. The first-order valence-corrected chi connectivity index (χ1v) is 7.37. The molecule has 0 spiro atoms. The van der Waals surface area contributed by atoms with Gasteiger partial charge in [0, 0.05) is 0 Å². The van der Waals surface area contributed by atoms with Crippen LogP contribution >= 0.6 is 11.3 Å². The number of anilines is 1. The largest absolute Gasteiger partial charge is 0.497 e. The molecule has 1 aromatic heterocycles. The van der Waals surface area contributed by atoms with E-state index in [9.17, 15) is 8.42 Å². The Bertz CT molecular complexity index is 660. The predicted octanol–water partition coefficient (Wildman–Crippen LogP) is 1.88. The molecule has 1 aromatic carbocycles. The highest BCUT2D eigenvalue weighted by Gasteiger charge is 2.23. The van der Waals surface area contributed by atoms with Crippen LogP contribution in [0.25, 0.3) is 0 Å². The lowest BCUT2D eigenvalue weighted by molar-refractivity contribution is 0.414.